The van der Waals surface area contributed by atoms with Gasteiger partial charge in [0.05, 0.1) is 12.9 Å². The van der Waals surface area contributed by atoms with Crippen molar-refractivity contribution in [1.82, 2.24) is 0 Å². The van der Waals surface area contributed by atoms with E-state index in [-0.39, 0.29) is 13.0 Å². The summed E-state index contributed by atoms with van der Waals surface area (Å²) in [6.45, 7) is -0.122. The van der Waals surface area contributed by atoms with Crippen molar-refractivity contribution in [2.75, 3.05) is 0 Å². The lowest BCUT2D eigenvalue weighted by Crippen LogP contribution is -1.97. The number of rotatable bonds is 3. The Morgan fingerprint density at radius 3 is 2.82 bits per heavy atom. The molecule has 4 heteroatoms. The van der Waals surface area contributed by atoms with Crippen LogP contribution in [0.3, 0.4) is 0 Å². The van der Waals surface area contributed by atoms with Crippen molar-refractivity contribution in [3.05, 3.63) is 23.7 Å². The number of carboxylic acids is 1. The Morgan fingerprint density at radius 2 is 2.36 bits per heavy atom. The first-order chi connectivity index (χ1) is 5.22. The second kappa shape index (κ2) is 3.21. The van der Waals surface area contributed by atoms with E-state index >= 15 is 0 Å². The lowest BCUT2D eigenvalue weighted by molar-refractivity contribution is -0.136. The van der Waals surface area contributed by atoms with Crippen molar-refractivity contribution in [2.24, 2.45) is 0 Å². The number of aliphatic hydroxyl groups excluding tert-OH is 1. The van der Waals surface area contributed by atoms with Gasteiger partial charge in [0.2, 0.25) is 0 Å². The monoisotopic (exact) mass is 156 g/mol. The predicted octanol–water partition coefficient (Wildman–Crippen LogP) is 0.399. The Labute approximate surface area is 63.1 Å². The molecule has 0 aromatic carbocycles. The van der Waals surface area contributed by atoms with Crippen LogP contribution in [0.1, 0.15) is 11.3 Å². The average Bonchev–Trinajstić information content (AvgIpc) is 2.34. The molecule has 0 bridgehead atoms. The van der Waals surface area contributed by atoms with Gasteiger partial charge in [-0.2, -0.15) is 0 Å². The number of hydrogen-bond donors (Lipinski definition) is 2. The minimum absolute atomic E-state index is 0.122. The third-order valence-corrected chi connectivity index (χ3v) is 1.22. The molecular weight excluding hydrogens is 148 g/mol. The summed E-state index contributed by atoms with van der Waals surface area (Å²) < 4.78 is 4.83. The van der Waals surface area contributed by atoms with Gasteiger partial charge in [0.15, 0.2) is 0 Å². The number of furan rings is 1. The summed E-state index contributed by atoms with van der Waals surface area (Å²) in [5, 5.41) is 16.9. The maximum Gasteiger partial charge on any atom is 0.311 e. The molecule has 0 aliphatic heterocycles. The van der Waals surface area contributed by atoms with Crippen molar-refractivity contribution < 1.29 is 19.4 Å². The highest BCUT2D eigenvalue weighted by Gasteiger charge is 2.04. The van der Waals surface area contributed by atoms with Gasteiger partial charge in [-0.15, -0.1) is 0 Å². The Bertz CT molecular complexity index is 251. The third kappa shape index (κ3) is 2.09. The van der Waals surface area contributed by atoms with Crippen LogP contribution in [0.15, 0.2) is 16.7 Å². The third-order valence-electron chi connectivity index (χ3n) is 1.22. The number of aliphatic hydroxyl groups is 1. The van der Waals surface area contributed by atoms with E-state index in [1.807, 2.05) is 0 Å². The maximum absolute atomic E-state index is 10.1. The van der Waals surface area contributed by atoms with Gasteiger partial charge < -0.3 is 14.6 Å². The van der Waals surface area contributed by atoms with Crippen molar-refractivity contribution in [3.8, 4) is 0 Å². The Balaban J connectivity index is 2.65. The molecule has 11 heavy (non-hydrogen) atoms. The number of carbonyl (C=O) groups is 1. The second-order valence-corrected chi connectivity index (χ2v) is 2.15. The van der Waals surface area contributed by atoms with Crippen molar-refractivity contribution in [1.29, 1.82) is 0 Å². The summed E-state index contributed by atoms with van der Waals surface area (Å²) in [5.74, 6) is -0.578. The van der Waals surface area contributed by atoms with E-state index in [0.29, 0.717) is 11.3 Å². The van der Waals surface area contributed by atoms with Gasteiger partial charge in [0.1, 0.15) is 12.2 Å². The molecule has 1 aromatic rings. The molecule has 0 aliphatic rings. The van der Waals surface area contributed by atoms with Crippen LogP contribution in [0, 0.1) is 0 Å². The number of hydrogen-bond acceptors (Lipinski definition) is 3. The van der Waals surface area contributed by atoms with Gasteiger partial charge in [0.25, 0.3) is 0 Å². The molecule has 0 atom stereocenters. The summed E-state index contributed by atoms with van der Waals surface area (Å²) in [4.78, 5) is 10.1. The standard InChI is InChI=1S/C7H8O4/c8-3-5-1-6(11-4-5)2-7(9)10/h1,4,8H,2-3H2,(H,9,10). The van der Waals surface area contributed by atoms with Gasteiger partial charge in [-0.25, -0.2) is 0 Å². The molecule has 2 N–H and O–H groups in total. The van der Waals surface area contributed by atoms with E-state index in [1.54, 1.807) is 0 Å². The molecule has 0 saturated carbocycles. The van der Waals surface area contributed by atoms with Crippen LogP contribution in [0.25, 0.3) is 0 Å². The molecular formula is C7H8O4. The van der Waals surface area contributed by atoms with E-state index in [1.165, 1.54) is 12.3 Å². The van der Waals surface area contributed by atoms with Gasteiger partial charge in [-0.1, -0.05) is 0 Å². The summed E-state index contributed by atoms with van der Waals surface area (Å²) >= 11 is 0. The molecule has 60 valence electrons. The topological polar surface area (TPSA) is 70.7 Å². The zero-order chi connectivity index (χ0) is 8.27. The highest BCUT2D eigenvalue weighted by Crippen LogP contribution is 2.07. The molecule has 1 heterocycles. The fourth-order valence-corrected chi connectivity index (χ4v) is 0.751. The van der Waals surface area contributed by atoms with Gasteiger partial charge in [-0.05, 0) is 6.07 Å². The summed E-state index contributed by atoms with van der Waals surface area (Å²) in [5.41, 5.74) is 0.598. The quantitative estimate of drug-likeness (QED) is 0.664. The van der Waals surface area contributed by atoms with E-state index in [4.69, 9.17) is 14.6 Å². The van der Waals surface area contributed by atoms with Gasteiger partial charge in [-0.3, -0.25) is 4.79 Å². The Hall–Kier alpha value is -1.29. The van der Waals surface area contributed by atoms with Crippen molar-refractivity contribution >= 4 is 5.97 Å². The minimum Gasteiger partial charge on any atom is -0.481 e. The Morgan fingerprint density at radius 1 is 1.64 bits per heavy atom. The average molecular weight is 156 g/mol. The van der Waals surface area contributed by atoms with E-state index in [2.05, 4.69) is 0 Å². The SMILES string of the molecule is O=C(O)Cc1cc(CO)co1. The fraction of sp³-hybridized carbons (Fsp3) is 0.286. The summed E-state index contributed by atoms with van der Waals surface area (Å²) in [7, 11) is 0. The molecule has 0 amide bonds. The molecule has 4 nitrogen and oxygen atoms in total. The van der Waals surface area contributed by atoms with Crippen LogP contribution in [0.2, 0.25) is 0 Å². The molecule has 0 aliphatic carbocycles. The minimum atomic E-state index is -0.941. The number of carboxylic acid groups (broad SMARTS) is 1. The predicted molar refractivity (Wildman–Crippen MR) is 36.0 cm³/mol. The zero-order valence-corrected chi connectivity index (χ0v) is 5.78. The lowest BCUT2D eigenvalue weighted by Gasteiger charge is -1.85. The molecule has 0 unspecified atom stereocenters. The van der Waals surface area contributed by atoms with Crippen molar-refractivity contribution in [3.63, 3.8) is 0 Å². The summed E-state index contributed by atoms with van der Waals surface area (Å²) in [6, 6.07) is 1.52. The van der Waals surface area contributed by atoms with Crippen LogP contribution in [0.5, 0.6) is 0 Å². The van der Waals surface area contributed by atoms with Crippen LogP contribution >= 0.6 is 0 Å². The first kappa shape index (κ1) is 7.81. The van der Waals surface area contributed by atoms with Gasteiger partial charge >= 0.3 is 5.97 Å². The Kier molecular flexibility index (Phi) is 2.28. The van der Waals surface area contributed by atoms with E-state index in [0.717, 1.165) is 0 Å². The molecule has 0 spiro atoms. The first-order valence-electron chi connectivity index (χ1n) is 3.11. The second-order valence-electron chi connectivity index (χ2n) is 2.15. The highest BCUT2D eigenvalue weighted by atomic mass is 16.4. The molecule has 1 rings (SSSR count). The van der Waals surface area contributed by atoms with Crippen LogP contribution in [-0.4, -0.2) is 16.2 Å². The maximum atomic E-state index is 10.1. The van der Waals surface area contributed by atoms with E-state index < -0.39 is 5.97 Å². The fourth-order valence-electron chi connectivity index (χ4n) is 0.751. The van der Waals surface area contributed by atoms with Crippen LogP contribution in [-0.2, 0) is 17.8 Å². The zero-order valence-electron chi connectivity index (χ0n) is 5.78. The highest BCUT2D eigenvalue weighted by molar-refractivity contribution is 5.69. The van der Waals surface area contributed by atoms with Crippen LogP contribution in [0.4, 0.5) is 0 Å². The molecule has 0 saturated heterocycles. The van der Waals surface area contributed by atoms with E-state index in [9.17, 15) is 4.79 Å². The summed E-state index contributed by atoms with van der Waals surface area (Å²) in [6.07, 6.45) is 1.21. The smallest absolute Gasteiger partial charge is 0.311 e. The molecule has 1 aromatic heterocycles. The van der Waals surface area contributed by atoms with Gasteiger partial charge in [0, 0.05) is 5.56 Å². The molecule has 0 fully saturated rings. The normalized spacial score (nSPS) is 9.91. The first-order valence-corrected chi connectivity index (χ1v) is 3.11. The molecule has 0 radical (unpaired) electrons. The van der Waals surface area contributed by atoms with Crippen molar-refractivity contribution in [2.45, 2.75) is 13.0 Å². The van der Waals surface area contributed by atoms with Crippen LogP contribution < -0.4 is 0 Å². The largest absolute Gasteiger partial charge is 0.481 e. The lowest BCUT2D eigenvalue weighted by atomic mass is 10.3. The number of aliphatic carboxylic acids is 1.